The van der Waals surface area contributed by atoms with Gasteiger partial charge in [-0.05, 0) is 0 Å². The first-order chi connectivity index (χ1) is 4.70. The number of hydrogen-bond donors (Lipinski definition) is 2. The summed E-state index contributed by atoms with van der Waals surface area (Å²) in [6.45, 7) is -0.150. The smallest absolute Gasteiger partial charge is 0.237 e. The van der Waals surface area contributed by atoms with Gasteiger partial charge < -0.3 is 15.7 Å². The topological polar surface area (TPSA) is 83.6 Å². The van der Waals surface area contributed by atoms with Crippen LogP contribution in [0, 0.1) is 0 Å². The maximum atomic E-state index is 10.2. The Kier molecular flexibility index (Phi) is 4.23. The molecule has 2 amide bonds. The average Bonchev–Trinajstić information content (AvgIpc) is 1.86. The number of nitrogens with zero attached hydrogens (tertiary/aromatic N) is 1. The molecule has 58 valence electrons. The van der Waals surface area contributed by atoms with Crippen LogP contribution in [0.4, 0.5) is 0 Å². The molecule has 0 heterocycles. The van der Waals surface area contributed by atoms with Gasteiger partial charge in [0, 0.05) is 6.54 Å². The van der Waals surface area contributed by atoms with Crippen molar-refractivity contribution in [3.05, 3.63) is 0 Å². The number of amides is 2. The van der Waals surface area contributed by atoms with Crippen LogP contribution in [0.5, 0.6) is 0 Å². The third-order valence-electron chi connectivity index (χ3n) is 0.895. The molecule has 0 aromatic rings. The fourth-order valence-electron chi connectivity index (χ4n) is 0.498. The first-order valence-electron chi connectivity index (χ1n) is 2.79. The van der Waals surface area contributed by atoms with E-state index in [0.717, 1.165) is 4.90 Å². The van der Waals surface area contributed by atoms with Crippen molar-refractivity contribution in [2.45, 2.75) is 0 Å². The van der Waals surface area contributed by atoms with Crippen LogP contribution in [-0.2, 0) is 9.59 Å². The highest BCUT2D eigenvalue weighted by molar-refractivity contribution is 5.77. The van der Waals surface area contributed by atoms with Gasteiger partial charge in [0.25, 0.3) is 0 Å². The minimum absolute atomic E-state index is 0.135. The molecule has 0 aromatic carbocycles. The second-order valence-electron chi connectivity index (χ2n) is 1.77. The summed E-state index contributed by atoms with van der Waals surface area (Å²) in [5, 5.41) is 8.33. The van der Waals surface area contributed by atoms with E-state index >= 15 is 0 Å². The van der Waals surface area contributed by atoms with Crippen LogP contribution in [-0.4, -0.2) is 42.0 Å². The maximum Gasteiger partial charge on any atom is 0.237 e. The van der Waals surface area contributed by atoms with Crippen molar-refractivity contribution in [2.75, 3.05) is 19.7 Å². The van der Waals surface area contributed by atoms with E-state index in [2.05, 4.69) is 0 Å². The van der Waals surface area contributed by atoms with Gasteiger partial charge in [0.05, 0.1) is 13.2 Å². The second kappa shape index (κ2) is 4.75. The van der Waals surface area contributed by atoms with Gasteiger partial charge in [-0.1, -0.05) is 0 Å². The van der Waals surface area contributed by atoms with E-state index in [9.17, 15) is 9.59 Å². The summed E-state index contributed by atoms with van der Waals surface area (Å²) in [7, 11) is 0. The largest absolute Gasteiger partial charge is 0.395 e. The van der Waals surface area contributed by atoms with Gasteiger partial charge in [0.2, 0.25) is 12.3 Å². The Hall–Kier alpha value is -1.10. The Balaban J connectivity index is 3.59. The van der Waals surface area contributed by atoms with Gasteiger partial charge in [0.15, 0.2) is 0 Å². The zero-order chi connectivity index (χ0) is 7.98. The van der Waals surface area contributed by atoms with Crippen LogP contribution in [0.3, 0.4) is 0 Å². The summed E-state index contributed by atoms with van der Waals surface area (Å²) in [5.41, 5.74) is 4.78. The van der Waals surface area contributed by atoms with Gasteiger partial charge in [-0.25, -0.2) is 0 Å². The molecule has 0 aliphatic carbocycles. The molecule has 0 saturated heterocycles. The Morgan fingerprint density at radius 2 is 2.30 bits per heavy atom. The fourth-order valence-corrected chi connectivity index (χ4v) is 0.498. The molecule has 5 heteroatoms. The Morgan fingerprint density at radius 1 is 1.70 bits per heavy atom. The predicted octanol–water partition coefficient (Wildman–Crippen LogP) is -2.08. The molecule has 0 aliphatic heterocycles. The standard InChI is InChI=1S/C5H10N2O3/c6-5(10)3-7(4-9)1-2-8/h4,8H,1-3H2,(H2,6,10). The monoisotopic (exact) mass is 146 g/mol. The van der Waals surface area contributed by atoms with Crippen molar-refractivity contribution in [3.63, 3.8) is 0 Å². The number of aliphatic hydroxyl groups is 1. The third-order valence-corrected chi connectivity index (χ3v) is 0.895. The molecule has 5 nitrogen and oxygen atoms in total. The fraction of sp³-hybridized carbons (Fsp3) is 0.600. The van der Waals surface area contributed by atoms with Crippen LogP contribution < -0.4 is 5.73 Å². The lowest BCUT2D eigenvalue weighted by Crippen LogP contribution is -2.34. The van der Waals surface area contributed by atoms with Gasteiger partial charge in [-0.2, -0.15) is 0 Å². The molecule has 0 aromatic heterocycles. The molecule has 10 heavy (non-hydrogen) atoms. The number of rotatable bonds is 5. The Bertz CT molecular complexity index is 126. The molecule has 0 bridgehead atoms. The predicted molar refractivity (Wildman–Crippen MR) is 33.9 cm³/mol. The van der Waals surface area contributed by atoms with Crippen molar-refractivity contribution in [1.82, 2.24) is 4.90 Å². The molecule has 0 unspecified atom stereocenters. The maximum absolute atomic E-state index is 10.2. The van der Waals surface area contributed by atoms with Crippen LogP contribution in [0.15, 0.2) is 0 Å². The van der Waals surface area contributed by atoms with E-state index in [-0.39, 0.29) is 19.7 Å². The van der Waals surface area contributed by atoms with Crippen LogP contribution in [0.2, 0.25) is 0 Å². The summed E-state index contributed by atoms with van der Waals surface area (Å²) < 4.78 is 0. The summed E-state index contributed by atoms with van der Waals surface area (Å²) in [5.74, 6) is -0.583. The lowest BCUT2D eigenvalue weighted by atomic mass is 10.5. The highest BCUT2D eigenvalue weighted by Gasteiger charge is 2.02. The van der Waals surface area contributed by atoms with E-state index in [1.807, 2.05) is 0 Å². The van der Waals surface area contributed by atoms with Gasteiger partial charge in [0.1, 0.15) is 0 Å². The number of aliphatic hydroxyl groups excluding tert-OH is 1. The van der Waals surface area contributed by atoms with Crippen molar-refractivity contribution in [3.8, 4) is 0 Å². The average molecular weight is 146 g/mol. The number of carbonyl (C=O) groups excluding carboxylic acids is 2. The van der Waals surface area contributed by atoms with E-state index in [4.69, 9.17) is 10.8 Å². The first kappa shape index (κ1) is 8.90. The van der Waals surface area contributed by atoms with Crippen molar-refractivity contribution >= 4 is 12.3 Å². The highest BCUT2D eigenvalue weighted by atomic mass is 16.3. The molecule has 0 atom stereocenters. The van der Waals surface area contributed by atoms with Crippen molar-refractivity contribution in [2.24, 2.45) is 5.73 Å². The summed E-state index contributed by atoms with van der Waals surface area (Å²) in [4.78, 5) is 21.3. The van der Waals surface area contributed by atoms with Crippen LogP contribution >= 0.6 is 0 Å². The molecule has 0 fully saturated rings. The molecule has 0 saturated carbocycles. The van der Waals surface area contributed by atoms with E-state index < -0.39 is 5.91 Å². The van der Waals surface area contributed by atoms with E-state index in [1.165, 1.54) is 0 Å². The molecular weight excluding hydrogens is 136 g/mol. The zero-order valence-corrected chi connectivity index (χ0v) is 5.49. The minimum Gasteiger partial charge on any atom is -0.395 e. The lowest BCUT2D eigenvalue weighted by Gasteiger charge is -2.12. The van der Waals surface area contributed by atoms with Crippen LogP contribution in [0.1, 0.15) is 0 Å². The highest BCUT2D eigenvalue weighted by Crippen LogP contribution is 1.78. The molecule has 0 aliphatic rings. The molecule has 0 rings (SSSR count). The molecule has 0 spiro atoms. The van der Waals surface area contributed by atoms with Gasteiger partial charge >= 0.3 is 0 Å². The quantitative estimate of drug-likeness (QED) is 0.437. The van der Waals surface area contributed by atoms with Crippen molar-refractivity contribution < 1.29 is 14.7 Å². The summed E-state index contributed by atoms with van der Waals surface area (Å²) >= 11 is 0. The summed E-state index contributed by atoms with van der Waals surface area (Å²) in [6, 6.07) is 0. The number of carbonyl (C=O) groups is 2. The number of primary amides is 1. The Morgan fingerprint density at radius 3 is 2.60 bits per heavy atom. The lowest BCUT2D eigenvalue weighted by molar-refractivity contribution is -0.126. The molecule has 3 N–H and O–H groups in total. The Labute approximate surface area is 58.4 Å². The van der Waals surface area contributed by atoms with Crippen molar-refractivity contribution in [1.29, 1.82) is 0 Å². The summed E-state index contributed by atoms with van der Waals surface area (Å²) in [6.07, 6.45) is 0.473. The zero-order valence-electron chi connectivity index (χ0n) is 5.49. The minimum atomic E-state index is -0.583. The van der Waals surface area contributed by atoms with Crippen LogP contribution in [0.25, 0.3) is 0 Å². The number of hydrogen-bond acceptors (Lipinski definition) is 3. The van der Waals surface area contributed by atoms with Gasteiger partial charge in [-0.3, -0.25) is 9.59 Å². The molecule has 0 radical (unpaired) electrons. The SMILES string of the molecule is NC(=O)CN(C=O)CCO. The first-order valence-corrected chi connectivity index (χ1v) is 2.79. The van der Waals surface area contributed by atoms with E-state index in [0.29, 0.717) is 6.41 Å². The van der Waals surface area contributed by atoms with E-state index in [1.54, 1.807) is 0 Å². The van der Waals surface area contributed by atoms with Gasteiger partial charge in [-0.15, -0.1) is 0 Å². The molecular formula is C5H10N2O3. The third kappa shape index (κ3) is 3.85. The second-order valence-corrected chi connectivity index (χ2v) is 1.77. The normalized spacial score (nSPS) is 8.90. The number of nitrogens with two attached hydrogens (primary N) is 1.